The second kappa shape index (κ2) is 9.04. The molecule has 3 aromatic rings. The lowest BCUT2D eigenvalue weighted by molar-refractivity contribution is -0.121. The monoisotopic (exact) mass is 484 g/mol. The van der Waals surface area contributed by atoms with Crippen LogP contribution in [0.4, 0.5) is 16.5 Å². The van der Waals surface area contributed by atoms with E-state index in [1.165, 1.54) is 31.2 Å². The van der Waals surface area contributed by atoms with Crippen molar-refractivity contribution in [3.05, 3.63) is 60.5 Å². The molecule has 0 spiro atoms. The van der Waals surface area contributed by atoms with Crippen molar-refractivity contribution in [2.45, 2.75) is 11.8 Å². The third-order valence-corrected chi connectivity index (χ3v) is 6.96. The normalized spacial score (nSPS) is 13.1. The summed E-state index contributed by atoms with van der Waals surface area (Å²) in [6.45, 7) is 5.38. The lowest BCUT2D eigenvalue weighted by atomic mass is 10.1. The summed E-state index contributed by atoms with van der Waals surface area (Å²) in [5.41, 5.74) is 2.37. The molecule has 0 bridgehead atoms. The summed E-state index contributed by atoms with van der Waals surface area (Å²) >= 11 is 1.14. The number of aromatic nitrogens is 1. The summed E-state index contributed by atoms with van der Waals surface area (Å²) in [6, 6.07) is 11.2. The van der Waals surface area contributed by atoms with Crippen molar-refractivity contribution >= 4 is 49.7 Å². The van der Waals surface area contributed by atoms with Crippen LogP contribution in [0.5, 0.6) is 5.75 Å². The van der Waals surface area contributed by atoms with Gasteiger partial charge in [0.05, 0.1) is 16.3 Å². The van der Waals surface area contributed by atoms with Crippen LogP contribution < -0.4 is 19.7 Å². The van der Waals surface area contributed by atoms with Crippen molar-refractivity contribution < 1.29 is 22.7 Å². The largest absolute Gasteiger partial charge is 0.482 e. The number of carbonyl (C=O) groups excluding carboxylic acids is 2. The number of hydrogen-bond acceptors (Lipinski definition) is 7. The minimum absolute atomic E-state index is 0.0331. The van der Waals surface area contributed by atoms with Crippen molar-refractivity contribution in [1.29, 1.82) is 0 Å². The second-order valence-corrected chi connectivity index (χ2v) is 9.65. The van der Waals surface area contributed by atoms with Gasteiger partial charge in [0.2, 0.25) is 5.91 Å². The van der Waals surface area contributed by atoms with E-state index in [4.69, 9.17) is 4.74 Å². The SMILES string of the molecule is C=CCN1C(=O)COc2ccc(-c3csc(NS(=O)(=O)c4ccc(NC(C)=O)cc4)n3)cc21. The molecular weight excluding hydrogens is 464 g/mol. The van der Waals surface area contributed by atoms with E-state index in [1.54, 1.807) is 34.6 Å². The highest BCUT2D eigenvalue weighted by molar-refractivity contribution is 7.93. The molecule has 2 aromatic carbocycles. The van der Waals surface area contributed by atoms with Gasteiger partial charge in [0.1, 0.15) is 5.75 Å². The number of anilines is 3. The molecule has 2 amide bonds. The zero-order valence-corrected chi connectivity index (χ0v) is 19.2. The van der Waals surface area contributed by atoms with Crippen LogP contribution in [0.2, 0.25) is 0 Å². The van der Waals surface area contributed by atoms with Crippen molar-refractivity contribution in [2.24, 2.45) is 0 Å². The van der Waals surface area contributed by atoms with Crippen LogP contribution in [0.1, 0.15) is 6.92 Å². The highest BCUT2D eigenvalue weighted by Crippen LogP contribution is 2.37. The standard InChI is InChI=1S/C22H20N4O5S2/c1-3-10-26-19-11-15(4-9-20(19)31-12-21(26)28)18-13-32-22(24-18)25-33(29,30)17-7-5-16(6-8-17)23-14(2)27/h3-9,11,13H,1,10,12H2,2H3,(H,23,27)(H,24,25). The summed E-state index contributed by atoms with van der Waals surface area (Å²) in [6.07, 6.45) is 1.64. The zero-order chi connectivity index (χ0) is 23.6. The van der Waals surface area contributed by atoms with Crippen molar-refractivity contribution in [3.8, 4) is 17.0 Å². The van der Waals surface area contributed by atoms with Gasteiger partial charge in [-0.25, -0.2) is 13.4 Å². The molecule has 4 rings (SSSR count). The molecule has 0 saturated heterocycles. The van der Waals surface area contributed by atoms with Gasteiger partial charge >= 0.3 is 0 Å². The van der Waals surface area contributed by atoms with Crippen LogP contribution in [0.15, 0.2) is 65.4 Å². The van der Waals surface area contributed by atoms with Gasteiger partial charge in [-0.05, 0) is 42.5 Å². The number of sulfonamides is 1. The average Bonchev–Trinajstić information content (AvgIpc) is 3.23. The molecule has 9 nitrogen and oxygen atoms in total. The molecule has 0 aliphatic carbocycles. The topological polar surface area (TPSA) is 118 Å². The number of benzene rings is 2. The Morgan fingerprint density at radius 1 is 1.27 bits per heavy atom. The number of amides is 2. The first kappa shape index (κ1) is 22.5. The van der Waals surface area contributed by atoms with Gasteiger partial charge in [-0.3, -0.25) is 14.3 Å². The highest BCUT2D eigenvalue weighted by Gasteiger charge is 2.25. The quantitative estimate of drug-likeness (QED) is 0.496. The van der Waals surface area contributed by atoms with Crippen molar-refractivity contribution in [3.63, 3.8) is 0 Å². The van der Waals surface area contributed by atoms with Gasteiger partial charge in [-0.2, -0.15) is 0 Å². The third-order valence-electron chi connectivity index (χ3n) is 4.72. The molecule has 170 valence electrons. The predicted octanol–water partition coefficient (Wildman–Crippen LogP) is 3.48. The van der Waals surface area contributed by atoms with E-state index >= 15 is 0 Å². The number of nitrogens with one attached hydrogen (secondary N) is 2. The molecule has 2 heterocycles. The molecule has 11 heteroatoms. The summed E-state index contributed by atoms with van der Waals surface area (Å²) in [5, 5.41) is 4.51. The summed E-state index contributed by atoms with van der Waals surface area (Å²) in [5.74, 6) is 0.166. The first-order valence-corrected chi connectivity index (χ1v) is 12.2. The molecular formula is C22H20N4O5S2. The molecule has 0 radical (unpaired) electrons. The first-order chi connectivity index (χ1) is 15.8. The molecule has 0 saturated carbocycles. The Morgan fingerprint density at radius 2 is 2.03 bits per heavy atom. The van der Waals surface area contributed by atoms with Gasteiger partial charge in [0.15, 0.2) is 11.7 Å². The average molecular weight is 485 g/mol. The maximum atomic E-state index is 12.7. The Bertz CT molecular complexity index is 1330. The van der Waals surface area contributed by atoms with E-state index in [9.17, 15) is 18.0 Å². The van der Waals surface area contributed by atoms with Gasteiger partial charge in [0.25, 0.3) is 15.9 Å². The fourth-order valence-electron chi connectivity index (χ4n) is 3.24. The Labute approximate surface area is 194 Å². The predicted molar refractivity (Wildman–Crippen MR) is 127 cm³/mol. The van der Waals surface area contributed by atoms with E-state index < -0.39 is 10.0 Å². The highest BCUT2D eigenvalue weighted by atomic mass is 32.2. The molecule has 2 N–H and O–H groups in total. The van der Waals surface area contributed by atoms with Crippen LogP contribution in [0.25, 0.3) is 11.3 Å². The van der Waals surface area contributed by atoms with Gasteiger partial charge in [-0.15, -0.1) is 17.9 Å². The second-order valence-electron chi connectivity index (χ2n) is 7.11. The first-order valence-electron chi connectivity index (χ1n) is 9.81. The molecule has 0 fully saturated rings. The maximum absolute atomic E-state index is 12.7. The van der Waals surface area contributed by atoms with Crippen LogP contribution in [0.3, 0.4) is 0 Å². The number of fused-ring (bicyclic) bond motifs is 1. The van der Waals surface area contributed by atoms with Crippen LogP contribution in [0, 0.1) is 0 Å². The molecule has 1 aliphatic rings. The fraction of sp³-hybridized carbons (Fsp3) is 0.136. The minimum Gasteiger partial charge on any atom is -0.482 e. The summed E-state index contributed by atoms with van der Waals surface area (Å²) in [4.78, 5) is 29.3. The van der Waals surface area contributed by atoms with Crippen LogP contribution >= 0.6 is 11.3 Å². The van der Waals surface area contributed by atoms with E-state index in [1.807, 2.05) is 0 Å². The lowest BCUT2D eigenvalue weighted by Gasteiger charge is -2.28. The zero-order valence-electron chi connectivity index (χ0n) is 17.6. The van der Waals surface area contributed by atoms with Crippen molar-refractivity contribution in [2.75, 3.05) is 28.1 Å². The lowest BCUT2D eigenvalue weighted by Crippen LogP contribution is -2.38. The maximum Gasteiger partial charge on any atom is 0.265 e. The molecule has 1 aromatic heterocycles. The fourth-order valence-corrected chi connectivity index (χ4v) is 5.21. The minimum atomic E-state index is -3.86. The number of nitrogens with zero attached hydrogens (tertiary/aromatic N) is 2. The number of thiazole rings is 1. The third kappa shape index (κ3) is 4.89. The van der Waals surface area contributed by atoms with E-state index in [0.29, 0.717) is 34.9 Å². The Kier molecular flexibility index (Phi) is 6.16. The molecule has 1 aliphatic heterocycles. The number of hydrogen-bond donors (Lipinski definition) is 2. The van der Waals surface area contributed by atoms with E-state index in [0.717, 1.165) is 11.3 Å². The number of ether oxygens (including phenoxy) is 1. The summed E-state index contributed by atoms with van der Waals surface area (Å²) in [7, 11) is -3.86. The van der Waals surface area contributed by atoms with Gasteiger partial charge in [-0.1, -0.05) is 6.08 Å². The Morgan fingerprint density at radius 3 is 2.73 bits per heavy atom. The van der Waals surface area contributed by atoms with E-state index in [2.05, 4.69) is 21.6 Å². The molecule has 0 atom stereocenters. The van der Waals surface area contributed by atoms with Gasteiger partial charge in [0, 0.05) is 30.1 Å². The molecule has 0 unspecified atom stereocenters. The number of carbonyl (C=O) groups is 2. The van der Waals surface area contributed by atoms with Crippen LogP contribution in [-0.4, -0.2) is 38.4 Å². The van der Waals surface area contributed by atoms with Crippen LogP contribution in [-0.2, 0) is 19.6 Å². The Balaban J connectivity index is 1.55. The van der Waals surface area contributed by atoms with E-state index in [-0.39, 0.29) is 28.4 Å². The smallest absolute Gasteiger partial charge is 0.265 e. The number of rotatable bonds is 7. The van der Waals surface area contributed by atoms with Gasteiger partial charge < -0.3 is 15.0 Å². The molecule has 33 heavy (non-hydrogen) atoms. The van der Waals surface area contributed by atoms with Crippen molar-refractivity contribution in [1.82, 2.24) is 4.98 Å². The Hall–Kier alpha value is -3.70. The summed E-state index contributed by atoms with van der Waals surface area (Å²) < 4.78 is 33.4.